The van der Waals surface area contributed by atoms with E-state index in [1.54, 1.807) is 0 Å². The van der Waals surface area contributed by atoms with E-state index in [0.717, 1.165) is 0 Å². The van der Waals surface area contributed by atoms with E-state index in [9.17, 15) is 0 Å². The van der Waals surface area contributed by atoms with Crippen LogP contribution in [0.25, 0.3) is 0 Å². The second-order valence-corrected chi connectivity index (χ2v) is 1.99. The fourth-order valence-corrected chi connectivity index (χ4v) is 0. The van der Waals surface area contributed by atoms with Crippen molar-refractivity contribution in [2.45, 2.75) is 0 Å². The molecule has 0 heterocycles. The second kappa shape index (κ2) is 10.9. The van der Waals surface area contributed by atoms with E-state index in [2.05, 4.69) is 0 Å². The van der Waals surface area contributed by atoms with Crippen LogP contribution < -0.4 is 35.7 Å². The maximum absolute atomic E-state index is 8.74. The zero-order valence-electron chi connectivity index (χ0n) is 5.50. The predicted molar refractivity (Wildman–Crippen MR) is 30.7 cm³/mol. The van der Waals surface area contributed by atoms with Gasteiger partial charge in [-0.2, -0.15) is 8.42 Å². The Labute approximate surface area is 87.9 Å². The first kappa shape index (κ1) is 22.7. The van der Waals surface area contributed by atoms with E-state index in [-0.39, 0.29) is 35.7 Å². The molecule has 0 saturated carbocycles. The molecule has 0 spiro atoms. The molecule has 11 heavy (non-hydrogen) atoms. The normalized spacial score (nSPS) is 10.9. The van der Waals surface area contributed by atoms with E-state index < -0.39 is 21.8 Å². The molecule has 0 saturated heterocycles. The SMILES string of the molecule is N.O=S(=O)(O)O.O=S([O-])O.[Na+]. The van der Waals surface area contributed by atoms with Gasteiger partial charge in [0.15, 0.2) is 0 Å². The van der Waals surface area contributed by atoms with Gasteiger partial charge in [-0.1, -0.05) is 0 Å². The van der Waals surface area contributed by atoms with Crippen molar-refractivity contribution in [1.29, 1.82) is 0 Å². The molecule has 1 unspecified atom stereocenters. The molecule has 0 aromatic heterocycles. The minimum atomic E-state index is -4.67. The van der Waals surface area contributed by atoms with Crippen LogP contribution in [0.1, 0.15) is 0 Å². The Bertz CT molecular complexity index is 159. The van der Waals surface area contributed by atoms with Crippen LogP contribution >= 0.6 is 0 Å². The van der Waals surface area contributed by atoms with E-state index in [4.69, 9.17) is 30.8 Å². The first-order valence-electron chi connectivity index (χ1n) is 1.21. The van der Waals surface area contributed by atoms with Gasteiger partial charge in [0, 0.05) is 0 Å². The molecule has 0 aliphatic carbocycles. The smallest absolute Gasteiger partial charge is 0.750 e. The quantitative estimate of drug-likeness (QED) is 0.180. The molecule has 0 rings (SSSR count). The zero-order valence-corrected chi connectivity index (χ0v) is 9.13. The number of hydrogen-bond donors (Lipinski definition) is 4. The topological polar surface area (TPSA) is 170 Å². The Hall–Kier alpha value is 0.900. The summed E-state index contributed by atoms with van der Waals surface area (Å²) in [4.78, 5) is 0. The van der Waals surface area contributed by atoms with Gasteiger partial charge in [0.1, 0.15) is 0 Å². The maximum atomic E-state index is 8.74. The van der Waals surface area contributed by atoms with Crippen LogP contribution in [0.15, 0.2) is 0 Å². The molecule has 0 aromatic carbocycles. The Balaban J connectivity index is -0.0000000383. The molecule has 0 bridgehead atoms. The molecule has 66 valence electrons. The summed E-state index contributed by atoms with van der Waals surface area (Å²) in [7, 11) is -4.67. The van der Waals surface area contributed by atoms with Gasteiger partial charge in [-0.05, 0) is 0 Å². The molecule has 0 fully saturated rings. The first-order chi connectivity index (χ1) is 3.73. The summed E-state index contributed by atoms with van der Waals surface area (Å²) >= 11 is -2.86. The van der Waals surface area contributed by atoms with E-state index in [1.807, 2.05) is 0 Å². The van der Waals surface area contributed by atoms with E-state index in [0.29, 0.717) is 0 Å². The Morgan fingerprint density at radius 1 is 1.27 bits per heavy atom. The van der Waals surface area contributed by atoms with Gasteiger partial charge < -0.3 is 15.3 Å². The van der Waals surface area contributed by atoms with Gasteiger partial charge >= 0.3 is 40.0 Å². The van der Waals surface area contributed by atoms with Crippen LogP contribution in [-0.2, 0) is 21.8 Å². The fourth-order valence-electron chi connectivity index (χ4n) is 0. The molecule has 0 aliphatic heterocycles. The van der Waals surface area contributed by atoms with Crippen molar-refractivity contribution in [3.8, 4) is 0 Å². The van der Waals surface area contributed by atoms with Gasteiger partial charge in [-0.3, -0.25) is 9.11 Å². The molecular weight excluding hydrogens is 213 g/mol. The van der Waals surface area contributed by atoms with Crippen LogP contribution in [-0.4, -0.2) is 30.8 Å². The van der Waals surface area contributed by atoms with Crippen molar-refractivity contribution in [3.63, 3.8) is 0 Å². The molecule has 0 radical (unpaired) electrons. The maximum Gasteiger partial charge on any atom is 1.00 e. The minimum absolute atomic E-state index is 0. The van der Waals surface area contributed by atoms with Crippen LogP contribution in [0.5, 0.6) is 0 Å². The second-order valence-electron chi connectivity index (χ2n) is 0.665. The predicted octanol–water partition coefficient (Wildman–Crippen LogP) is -4.15. The number of hydrogen-bond acceptors (Lipinski definition) is 5. The summed E-state index contributed by atoms with van der Waals surface area (Å²) in [6.45, 7) is 0. The van der Waals surface area contributed by atoms with Gasteiger partial charge in [0.25, 0.3) is 0 Å². The average molecular weight is 219 g/mol. The van der Waals surface area contributed by atoms with Crippen molar-refractivity contribution in [1.82, 2.24) is 6.15 Å². The number of rotatable bonds is 0. The molecular formula is H6NNaO7S2. The summed E-state index contributed by atoms with van der Waals surface area (Å²) in [5.41, 5.74) is 0. The Morgan fingerprint density at radius 3 is 1.27 bits per heavy atom. The van der Waals surface area contributed by atoms with Crippen molar-refractivity contribution >= 4 is 21.8 Å². The molecule has 1 atom stereocenters. The average Bonchev–Trinajstić information content (AvgIpc) is 1.19. The molecule has 0 aliphatic rings. The van der Waals surface area contributed by atoms with Crippen molar-refractivity contribution in [3.05, 3.63) is 0 Å². The standard InChI is InChI=1S/H3N.Na.H2O4S.H2O3S/c;;1-5(2,3)4;1-4(2)3/h1H3;;(H2,1,2,3,4);(H2,1,2,3)/q;+1;;/p-1. The third-order valence-corrected chi connectivity index (χ3v) is 0. The molecule has 8 nitrogen and oxygen atoms in total. The Kier molecular flexibility index (Phi) is 22.4. The van der Waals surface area contributed by atoms with Crippen LogP contribution in [0.2, 0.25) is 0 Å². The van der Waals surface area contributed by atoms with Crippen molar-refractivity contribution in [2.24, 2.45) is 0 Å². The van der Waals surface area contributed by atoms with Crippen LogP contribution in [0, 0.1) is 0 Å². The van der Waals surface area contributed by atoms with E-state index in [1.165, 1.54) is 0 Å². The summed E-state index contributed by atoms with van der Waals surface area (Å²) in [5.74, 6) is 0. The van der Waals surface area contributed by atoms with Crippen molar-refractivity contribution in [2.75, 3.05) is 0 Å². The largest absolute Gasteiger partial charge is 1.00 e. The molecule has 11 heteroatoms. The Morgan fingerprint density at radius 2 is 1.27 bits per heavy atom. The fraction of sp³-hybridized carbons (Fsp3) is 0. The van der Waals surface area contributed by atoms with Gasteiger partial charge in [0.2, 0.25) is 0 Å². The van der Waals surface area contributed by atoms with Gasteiger partial charge in [0.05, 0.1) is 11.4 Å². The summed E-state index contributed by atoms with van der Waals surface area (Å²) in [6, 6.07) is 0. The third-order valence-electron chi connectivity index (χ3n) is 0. The summed E-state index contributed by atoms with van der Waals surface area (Å²) in [6.07, 6.45) is 0. The minimum Gasteiger partial charge on any atom is -0.750 e. The first-order valence-corrected chi connectivity index (χ1v) is 3.64. The van der Waals surface area contributed by atoms with Crippen LogP contribution in [0.4, 0.5) is 0 Å². The molecule has 0 amide bonds. The van der Waals surface area contributed by atoms with Gasteiger partial charge in [-0.25, -0.2) is 4.21 Å². The summed E-state index contributed by atoms with van der Waals surface area (Å²) < 4.78 is 55.7. The zero-order chi connectivity index (χ0) is 8.08. The summed E-state index contributed by atoms with van der Waals surface area (Å²) in [5, 5.41) is 0. The molecule has 6 N–H and O–H groups in total. The van der Waals surface area contributed by atoms with Crippen molar-refractivity contribution < 1.29 is 60.4 Å². The van der Waals surface area contributed by atoms with Gasteiger partial charge in [-0.15, -0.1) is 0 Å². The van der Waals surface area contributed by atoms with E-state index >= 15 is 0 Å². The third kappa shape index (κ3) is 1070. The monoisotopic (exact) mass is 219 g/mol. The molecule has 0 aromatic rings. The van der Waals surface area contributed by atoms with Crippen LogP contribution in [0.3, 0.4) is 0 Å².